The molecule has 4 heterocycles. The zero-order valence-corrected chi connectivity index (χ0v) is 25.8. The second-order valence-electron chi connectivity index (χ2n) is 12.7. The van der Waals surface area contributed by atoms with Gasteiger partial charge in [0.25, 0.3) is 5.91 Å². The number of aromatic nitrogens is 3. The topological polar surface area (TPSA) is 142 Å². The van der Waals surface area contributed by atoms with Crippen LogP contribution in [0.4, 0.5) is 0 Å². The number of nitrogens with one attached hydrogen (secondary N) is 1. The van der Waals surface area contributed by atoms with Crippen LogP contribution in [-0.4, -0.2) is 51.9 Å². The second-order valence-corrected chi connectivity index (χ2v) is 13.7. The molecule has 3 aromatic heterocycles. The standard InChI is InChI=1S/C34H33N5O5S/c1-33(32(35)41)17-44-30-24(33)14-27(37-29(30)19-4-3-18-9-10-45-26(18)13-19)34(42,22-5-6-22)16-36-31(40)20-11-21-15-39(23-7-8-23)38-28(21)25(12-20)43-2/h3-4,9-15,22-23,42H,5-8,16-17H2,1-2H3,(H2,35,41)(H,36,40)/t33-,34+/m0/s1. The third-order valence-electron chi connectivity index (χ3n) is 9.56. The van der Waals surface area contributed by atoms with Gasteiger partial charge in [-0.1, -0.05) is 12.1 Å². The highest BCUT2D eigenvalue weighted by Gasteiger charge is 2.50. The molecule has 10 nitrogen and oxygen atoms in total. The van der Waals surface area contributed by atoms with Gasteiger partial charge in [-0.2, -0.15) is 5.10 Å². The molecule has 0 radical (unpaired) electrons. The van der Waals surface area contributed by atoms with Gasteiger partial charge in [0.05, 0.1) is 25.4 Å². The number of rotatable bonds is 9. The molecule has 3 aliphatic rings. The van der Waals surface area contributed by atoms with E-state index < -0.39 is 16.9 Å². The van der Waals surface area contributed by atoms with Crippen molar-refractivity contribution >= 4 is 44.1 Å². The first-order chi connectivity index (χ1) is 21.7. The quantitative estimate of drug-likeness (QED) is 0.214. The first kappa shape index (κ1) is 28.0. The molecule has 0 saturated heterocycles. The van der Waals surface area contributed by atoms with E-state index in [1.165, 1.54) is 0 Å². The number of benzene rings is 2. The van der Waals surface area contributed by atoms with Crippen LogP contribution in [0, 0.1) is 5.92 Å². The van der Waals surface area contributed by atoms with Crippen LogP contribution in [0.3, 0.4) is 0 Å². The van der Waals surface area contributed by atoms with E-state index in [0.717, 1.165) is 46.7 Å². The highest BCUT2D eigenvalue weighted by Crippen LogP contribution is 2.50. The molecular weight excluding hydrogens is 590 g/mol. The lowest BCUT2D eigenvalue weighted by Crippen LogP contribution is -2.44. The summed E-state index contributed by atoms with van der Waals surface area (Å²) in [6.07, 6.45) is 5.70. The first-order valence-corrected chi connectivity index (χ1v) is 16.1. The van der Waals surface area contributed by atoms with Gasteiger partial charge < -0.3 is 25.6 Å². The van der Waals surface area contributed by atoms with Crippen LogP contribution in [0.2, 0.25) is 0 Å². The van der Waals surface area contributed by atoms with E-state index in [9.17, 15) is 14.7 Å². The summed E-state index contributed by atoms with van der Waals surface area (Å²) in [6, 6.07) is 13.7. The summed E-state index contributed by atoms with van der Waals surface area (Å²) in [5, 5.41) is 24.0. The van der Waals surface area contributed by atoms with Crippen molar-refractivity contribution in [3.8, 4) is 22.8 Å². The van der Waals surface area contributed by atoms with Crippen molar-refractivity contribution in [2.24, 2.45) is 11.7 Å². The van der Waals surface area contributed by atoms with Gasteiger partial charge in [-0.15, -0.1) is 11.3 Å². The van der Waals surface area contributed by atoms with Crippen LogP contribution in [-0.2, 0) is 15.8 Å². The number of nitrogens with zero attached hydrogens (tertiary/aromatic N) is 3. The number of thiophene rings is 1. The fourth-order valence-corrected chi connectivity index (χ4v) is 7.19. The van der Waals surface area contributed by atoms with Crippen LogP contribution < -0.4 is 20.5 Å². The summed E-state index contributed by atoms with van der Waals surface area (Å²) in [5.74, 6) is 0.0315. The van der Waals surface area contributed by atoms with E-state index in [0.29, 0.717) is 45.6 Å². The van der Waals surface area contributed by atoms with Crippen LogP contribution in [0.25, 0.3) is 32.2 Å². The smallest absolute Gasteiger partial charge is 0.251 e. The summed E-state index contributed by atoms with van der Waals surface area (Å²) in [7, 11) is 1.56. The van der Waals surface area contributed by atoms with Gasteiger partial charge in [-0.05, 0) is 79.6 Å². The average molecular weight is 624 g/mol. The van der Waals surface area contributed by atoms with Crippen LogP contribution >= 0.6 is 11.3 Å². The number of amides is 2. The van der Waals surface area contributed by atoms with Crippen molar-refractivity contribution in [2.45, 2.75) is 49.7 Å². The van der Waals surface area contributed by atoms with E-state index >= 15 is 0 Å². The number of methoxy groups -OCH3 is 1. The number of aliphatic hydroxyl groups is 1. The molecule has 230 valence electrons. The molecule has 2 amide bonds. The molecule has 2 saturated carbocycles. The first-order valence-electron chi connectivity index (χ1n) is 15.2. The van der Waals surface area contributed by atoms with Crippen LogP contribution in [0.5, 0.6) is 11.5 Å². The van der Waals surface area contributed by atoms with Crippen molar-refractivity contribution in [1.29, 1.82) is 0 Å². The molecule has 11 heteroatoms. The number of hydrogen-bond acceptors (Lipinski definition) is 8. The van der Waals surface area contributed by atoms with E-state index in [4.69, 9.17) is 20.2 Å². The number of carbonyl (C=O) groups is 2. The lowest BCUT2D eigenvalue weighted by atomic mass is 9.81. The molecule has 2 fully saturated rings. The van der Waals surface area contributed by atoms with Crippen LogP contribution in [0.1, 0.15) is 60.3 Å². The molecule has 0 bridgehead atoms. The number of pyridine rings is 1. The second kappa shape index (κ2) is 10.0. The zero-order valence-electron chi connectivity index (χ0n) is 25.0. The molecule has 8 rings (SSSR count). The van der Waals surface area contributed by atoms with Gasteiger partial charge in [0.15, 0.2) is 0 Å². The molecule has 45 heavy (non-hydrogen) atoms. The predicted molar refractivity (Wildman–Crippen MR) is 171 cm³/mol. The minimum Gasteiger partial charge on any atom is -0.494 e. The van der Waals surface area contributed by atoms with E-state index in [2.05, 4.69) is 16.5 Å². The third kappa shape index (κ3) is 4.55. The molecule has 1 aliphatic heterocycles. The fourth-order valence-electron chi connectivity index (χ4n) is 6.36. The van der Waals surface area contributed by atoms with Crippen molar-refractivity contribution in [3.63, 3.8) is 0 Å². The average Bonchev–Trinajstić information content (AvgIpc) is 3.96. The number of nitrogens with two attached hydrogens (primary N) is 1. The van der Waals surface area contributed by atoms with Gasteiger partial charge in [0.1, 0.15) is 40.3 Å². The predicted octanol–water partition coefficient (Wildman–Crippen LogP) is 4.82. The lowest BCUT2D eigenvalue weighted by molar-refractivity contribution is -0.123. The Kier molecular flexibility index (Phi) is 6.24. The molecule has 2 aliphatic carbocycles. The maximum Gasteiger partial charge on any atom is 0.251 e. The minimum absolute atomic E-state index is 0.0679. The zero-order chi connectivity index (χ0) is 31.1. The van der Waals surface area contributed by atoms with Crippen molar-refractivity contribution < 1.29 is 24.2 Å². The largest absolute Gasteiger partial charge is 0.494 e. The molecule has 4 N–H and O–H groups in total. The molecule has 5 aromatic rings. The Bertz CT molecular complexity index is 2030. The minimum atomic E-state index is -1.49. The Morgan fingerprint density at radius 2 is 2.00 bits per heavy atom. The van der Waals surface area contributed by atoms with Gasteiger partial charge in [-0.25, -0.2) is 4.98 Å². The van der Waals surface area contributed by atoms with E-state index in [1.807, 2.05) is 34.5 Å². The van der Waals surface area contributed by atoms with Crippen LogP contribution in [0.15, 0.2) is 54.0 Å². The Morgan fingerprint density at radius 1 is 1.18 bits per heavy atom. The van der Waals surface area contributed by atoms with Gasteiger partial charge in [0.2, 0.25) is 5.91 Å². The van der Waals surface area contributed by atoms with Gasteiger partial charge in [-0.3, -0.25) is 14.3 Å². The maximum atomic E-state index is 13.6. The number of ether oxygens (including phenoxy) is 2. The highest BCUT2D eigenvalue weighted by molar-refractivity contribution is 7.17. The molecule has 0 unspecified atom stereocenters. The Morgan fingerprint density at radius 3 is 2.73 bits per heavy atom. The fraction of sp³-hybridized carbons (Fsp3) is 0.353. The number of primary amides is 1. The summed E-state index contributed by atoms with van der Waals surface area (Å²) >= 11 is 1.62. The molecule has 2 atom stereocenters. The lowest BCUT2D eigenvalue weighted by Gasteiger charge is -2.30. The normalized spacial score (nSPS) is 20.5. The summed E-state index contributed by atoms with van der Waals surface area (Å²) in [6.45, 7) is 1.77. The van der Waals surface area contributed by atoms with Crippen molar-refractivity contribution in [3.05, 3.63) is 70.9 Å². The van der Waals surface area contributed by atoms with Gasteiger partial charge in [0, 0.05) is 33.0 Å². The number of carbonyl (C=O) groups excluding carboxylic acids is 2. The molecule has 0 spiro atoms. The molecule has 2 aromatic carbocycles. The number of fused-ring (bicyclic) bond motifs is 3. The molecular formula is C34H33N5O5S. The Hall–Kier alpha value is -4.48. The highest BCUT2D eigenvalue weighted by atomic mass is 32.1. The monoisotopic (exact) mass is 623 g/mol. The third-order valence-corrected chi connectivity index (χ3v) is 10.4. The number of hydrogen-bond donors (Lipinski definition) is 3. The van der Waals surface area contributed by atoms with Crippen molar-refractivity contribution in [2.75, 3.05) is 20.3 Å². The van der Waals surface area contributed by atoms with E-state index in [-0.39, 0.29) is 25.0 Å². The van der Waals surface area contributed by atoms with Crippen molar-refractivity contribution in [1.82, 2.24) is 20.1 Å². The van der Waals surface area contributed by atoms with E-state index in [1.54, 1.807) is 43.6 Å². The SMILES string of the molecule is COc1cc(C(=O)NC[C@](O)(c2cc3c(c(-c4ccc5ccsc5c4)n2)OC[C@]3(C)C(N)=O)C2CC2)cc2cn(C3CC3)nc12. The summed E-state index contributed by atoms with van der Waals surface area (Å²) in [4.78, 5) is 31.3. The summed E-state index contributed by atoms with van der Waals surface area (Å²) in [5.41, 5.74) is 6.76. The Labute approximate surface area is 263 Å². The summed E-state index contributed by atoms with van der Waals surface area (Å²) < 4.78 is 14.7. The maximum absolute atomic E-state index is 13.6. The Balaban J connectivity index is 1.17. The van der Waals surface area contributed by atoms with Gasteiger partial charge >= 0.3 is 0 Å².